The van der Waals surface area contributed by atoms with Gasteiger partial charge in [-0.15, -0.1) is 0 Å². The molecule has 0 saturated carbocycles. The van der Waals surface area contributed by atoms with E-state index in [1.165, 1.54) is 0 Å². The molecule has 20 heavy (non-hydrogen) atoms. The van der Waals surface area contributed by atoms with Crippen molar-refractivity contribution < 1.29 is 9.15 Å². The van der Waals surface area contributed by atoms with E-state index in [-0.39, 0.29) is 6.04 Å². The van der Waals surface area contributed by atoms with Crippen molar-refractivity contribution in [1.82, 2.24) is 0 Å². The highest BCUT2D eigenvalue weighted by Gasteiger charge is 2.10. The normalized spacial score (nSPS) is 12.2. The number of ether oxygens (including phenoxy) is 1. The Kier molecular flexibility index (Phi) is 4.96. The van der Waals surface area contributed by atoms with Crippen molar-refractivity contribution in [1.29, 1.82) is 0 Å². The van der Waals surface area contributed by atoms with Crippen molar-refractivity contribution in [3.8, 4) is 5.75 Å². The number of benzene rings is 1. The maximum absolute atomic E-state index is 6.21. The van der Waals surface area contributed by atoms with Gasteiger partial charge in [0.1, 0.15) is 17.3 Å². The number of hydrogen-bond acceptors (Lipinski definition) is 3. The van der Waals surface area contributed by atoms with Gasteiger partial charge in [-0.05, 0) is 50.6 Å². The lowest BCUT2D eigenvalue weighted by atomic mass is 10.2. The number of furan rings is 1. The molecular formula is C16H20ClNO2. The first-order valence-corrected chi connectivity index (χ1v) is 7.23. The molecule has 1 aromatic carbocycles. The molecule has 1 N–H and O–H groups in total. The lowest BCUT2D eigenvalue weighted by molar-refractivity contribution is 0.317. The van der Waals surface area contributed by atoms with Gasteiger partial charge in [0.05, 0.1) is 17.7 Å². The minimum Gasteiger partial charge on any atom is -0.492 e. The van der Waals surface area contributed by atoms with Crippen molar-refractivity contribution >= 4 is 17.3 Å². The number of aryl methyl sites for hydroxylation is 1. The van der Waals surface area contributed by atoms with Crippen LogP contribution in [0.5, 0.6) is 5.75 Å². The summed E-state index contributed by atoms with van der Waals surface area (Å²) in [4.78, 5) is 0. The zero-order chi connectivity index (χ0) is 14.5. The minimum atomic E-state index is 0.0853. The van der Waals surface area contributed by atoms with Gasteiger partial charge in [-0.2, -0.15) is 0 Å². The molecule has 1 aromatic heterocycles. The Balaban J connectivity index is 2.04. The summed E-state index contributed by atoms with van der Waals surface area (Å²) in [6.07, 6.45) is 0.964. The van der Waals surface area contributed by atoms with Gasteiger partial charge < -0.3 is 14.5 Å². The lowest BCUT2D eigenvalue weighted by Gasteiger charge is -2.14. The molecule has 1 unspecified atom stereocenters. The van der Waals surface area contributed by atoms with Crippen LogP contribution in [-0.2, 0) is 0 Å². The second kappa shape index (κ2) is 6.71. The zero-order valence-corrected chi connectivity index (χ0v) is 12.8. The maximum Gasteiger partial charge on any atom is 0.138 e. The fraction of sp³-hybridized carbons (Fsp3) is 0.375. The van der Waals surface area contributed by atoms with Crippen molar-refractivity contribution in [2.75, 3.05) is 11.9 Å². The molecule has 0 amide bonds. The van der Waals surface area contributed by atoms with Gasteiger partial charge in [-0.1, -0.05) is 18.5 Å². The summed E-state index contributed by atoms with van der Waals surface area (Å²) < 4.78 is 11.2. The molecule has 0 aliphatic carbocycles. The number of anilines is 1. The van der Waals surface area contributed by atoms with Crippen molar-refractivity contribution in [2.45, 2.75) is 33.2 Å². The second-order valence-electron chi connectivity index (χ2n) is 4.81. The van der Waals surface area contributed by atoms with Crippen LogP contribution in [0.4, 0.5) is 5.69 Å². The third-order valence-electron chi connectivity index (χ3n) is 2.96. The summed E-state index contributed by atoms with van der Waals surface area (Å²) in [6.45, 7) is 6.73. The summed E-state index contributed by atoms with van der Waals surface area (Å²) in [5.74, 6) is 2.54. The van der Waals surface area contributed by atoms with E-state index in [1.807, 2.05) is 44.2 Å². The van der Waals surface area contributed by atoms with E-state index in [9.17, 15) is 0 Å². The van der Waals surface area contributed by atoms with Crippen molar-refractivity contribution in [2.24, 2.45) is 0 Å². The Labute approximate surface area is 124 Å². The Morgan fingerprint density at radius 2 is 2.10 bits per heavy atom. The molecule has 0 bridgehead atoms. The van der Waals surface area contributed by atoms with E-state index in [2.05, 4.69) is 12.2 Å². The molecule has 2 aromatic rings. The highest BCUT2D eigenvalue weighted by Crippen LogP contribution is 2.29. The highest BCUT2D eigenvalue weighted by atomic mass is 35.5. The Morgan fingerprint density at radius 1 is 1.30 bits per heavy atom. The van der Waals surface area contributed by atoms with Crippen LogP contribution in [-0.4, -0.2) is 6.61 Å². The summed E-state index contributed by atoms with van der Waals surface area (Å²) in [5, 5.41) is 3.98. The predicted octanol–water partition coefficient (Wildman–Crippen LogP) is 5.20. The number of hydrogen-bond donors (Lipinski definition) is 1. The van der Waals surface area contributed by atoms with Crippen LogP contribution in [0.25, 0.3) is 0 Å². The monoisotopic (exact) mass is 293 g/mol. The van der Waals surface area contributed by atoms with Crippen molar-refractivity contribution in [3.05, 3.63) is 46.9 Å². The largest absolute Gasteiger partial charge is 0.492 e. The molecule has 2 rings (SSSR count). The lowest BCUT2D eigenvalue weighted by Crippen LogP contribution is -2.05. The molecule has 0 aliphatic heterocycles. The van der Waals surface area contributed by atoms with Crippen molar-refractivity contribution in [3.63, 3.8) is 0 Å². The smallest absolute Gasteiger partial charge is 0.138 e. The van der Waals surface area contributed by atoms with E-state index < -0.39 is 0 Å². The minimum absolute atomic E-state index is 0.0853. The number of nitrogens with one attached hydrogen (secondary N) is 1. The average Bonchev–Trinajstić information content (AvgIpc) is 2.85. The molecule has 0 radical (unpaired) electrons. The predicted molar refractivity (Wildman–Crippen MR) is 82.7 cm³/mol. The van der Waals surface area contributed by atoms with Crippen LogP contribution in [0, 0.1) is 6.92 Å². The maximum atomic E-state index is 6.21. The summed E-state index contributed by atoms with van der Waals surface area (Å²) in [5.41, 5.74) is 0.945. The first-order chi connectivity index (χ1) is 9.60. The third kappa shape index (κ3) is 3.70. The van der Waals surface area contributed by atoms with Gasteiger partial charge in [0.2, 0.25) is 0 Å². The van der Waals surface area contributed by atoms with Crippen LogP contribution in [0.1, 0.15) is 37.8 Å². The fourth-order valence-corrected chi connectivity index (χ4v) is 2.16. The van der Waals surface area contributed by atoms with Crippen LogP contribution in [0.15, 0.2) is 34.7 Å². The Bertz CT molecular complexity index is 565. The van der Waals surface area contributed by atoms with E-state index in [0.29, 0.717) is 11.6 Å². The molecule has 3 nitrogen and oxygen atoms in total. The standard InChI is InChI=1S/C16H20ClNO2/c1-4-9-19-16-8-6-13(10-14(16)17)18-12(3)15-7-5-11(2)20-15/h5-8,10,12,18H,4,9H2,1-3H3. The molecule has 1 heterocycles. The second-order valence-corrected chi connectivity index (χ2v) is 5.22. The van der Waals surface area contributed by atoms with Gasteiger partial charge in [0, 0.05) is 5.69 Å². The number of halogens is 1. The Morgan fingerprint density at radius 3 is 2.70 bits per heavy atom. The van der Waals surface area contributed by atoms with E-state index in [4.69, 9.17) is 20.8 Å². The fourth-order valence-electron chi connectivity index (χ4n) is 1.93. The molecular weight excluding hydrogens is 274 g/mol. The van der Waals surface area contributed by atoms with Gasteiger partial charge in [0.15, 0.2) is 0 Å². The third-order valence-corrected chi connectivity index (χ3v) is 3.26. The molecule has 0 fully saturated rings. The summed E-state index contributed by atoms with van der Waals surface area (Å²) in [6, 6.07) is 9.75. The molecule has 4 heteroatoms. The highest BCUT2D eigenvalue weighted by molar-refractivity contribution is 6.32. The van der Waals surface area contributed by atoms with Crippen LogP contribution in [0.3, 0.4) is 0 Å². The van der Waals surface area contributed by atoms with Gasteiger partial charge in [-0.25, -0.2) is 0 Å². The van der Waals surface area contributed by atoms with E-state index in [1.54, 1.807) is 0 Å². The topological polar surface area (TPSA) is 34.4 Å². The van der Waals surface area contributed by atoms with Gasteiger partial charge in [-0.3, -0.25) is 0 Å². The Hall–Kier alpha value is -1.61. The SMILES string of the molecule is CCCOc1ccc(NC(C)c2ccc(C)o2)cc1Cl. The first kappa shape index (κ1) is 14.8. The van der Waals surface area contributed by atoms with E-state index >= 15 is 0 Å². The van der Waals surface area contributed by atoms with Gasteiger partial charge in [0.25, 0.3) is 0 Å². The first-order valence-electron chi connectivity index (χ1n) is 6.85. The van der Waals surface area contributed by atoms with Gasteiger partial charge >= 0.3 is 0 Å². The number of rotatable bonds is 6. The summed E-state index contributed by atoms with van der Waals surface area (Å²) in [7, 11) is 0. The van der Waals surface area contributed by atoms with Crippen LogP contribution in [0.2, 0.25) is 5.02 Å². The average molecular weight is 294 g/mol. The van der Waals surface area contributed by atoms with Crippen LogP contribution >= 0.6 is 11.6 Å². The quantitative estimate of drug-likeness (QED) is 0.794. The van der Waals surface area contributed by atoms with Crippen LogP contribution < -0.4 is 10.1 Å². The van der Waals surface area contributed by atoms with E-state index in [0.717, 1.165) is 29.4 Å². The summed E-state index contributed by atoms with van der Waals surface area (Å²) >= 11 is 6.21. The molecule has 0 saturated heterocycles. The molecule has 0 spiro atoms. The molecule has 1 atom stereocenters. The zero-order valence-electron chi connectivity index (χ0n) is 12.1. The molecule has 108 valence electrons. The molecule has 0 aliphatic rings.